The molecule has 0 atom stereocenters. The largest absolute Gasteiger partial charge is 0.457 e. The number of nitrogens with one attached hydrogen (secondary N) is 3. The molecule has 1 heterocycles. The number of carbonyl (C=O) groups is 1. The number of ether oxygens (including phenoxy) is 1. The summed E-state index contributed by atoms with van der Waals surface area (Å²) < 4.78 is 6.09. The summed E-state index contributed by atoms with van der Waals surface area (Å²) in [6.45, 7) is 4.93. The second-order valence-corrected chi connectivity index (χ2v) is 7.82. The zero-order valence-corrected chi connectivity index (χ0v) is 18.6. The molecule has 0 spiro atoms. The van der Waals surface area contributed by atoms with Crippen molar-refractivity contribution in [1.29, 1.82) is 0 Å². The molecule has 3 N–H and O–H groups in total. The van der Waals surface area contributed by atoms with Crippen LogP contribution in [0, 0.1) is 6.92 Å². The summed E-state index contributed by atoms with van der Waals surface area (Å²) in [5, 5.41) is 9.60. The third-order valence-electron chi connectivity index (χ3n) is 5.47. The van der Waals surface area contributed by atoms with Gasteiger partial charge in [0.2, 0.25) is 5.91 Å². The lowest BCUT2D eigenvalue weighted by atomic mass is 10.1. The molecule has 1 aliphatic rings. The van der Waals surface area contributed by atoms with Crippen molar-refractivity contribution in [1.82, 2.24) is 20.9 Å². The van der Waals surface area contributed by atoms with Gasteiger partial charge in [-0.1, -0.05) is 35.9 Å². The fraction of sp³-hybridized carbons (Fsp3) is 0.417. The molecule has 7 nitrogen and oxygen atoms in total. The molecule has 0 aromatic heterocycles. The highest BCUT2D eigenvalue weighted by Crippen LogP contribution is 2.25. The Morgan fingerprint density at radius 1 is 1.13 bits per heavy atom. The van der Waals surface area contributed by atoms with Crippen LogP contribution in [-0.4, -0.2) is 56.5 Å². The van der Waals surface area contributed by atoms with Crippen molar-refractivity contribution in [2.24, 2.45) is 4.99 Å². The minimum absolute atomic E-state index is 0.0652. The monoisotopic (exact) mass is 423 g/mol. The molecule has 2 aromatic rings. The molecular formula is C24H33N5O2. The highest BCUT2D eigenvalue weighted by Gasteiger charge is 2.21. The summed E-state index contributed by atoms with van der Waals surface area (Å²) in [7, 11) is 3.46. The summed E-state index contributed by atoms with van der Waals surface area (Å²) in [4.78, 5) is 18.1. The minimum atomic E-state index is 0.0652. The first kappa shape index (κ1) is 22.6. The smallest absolute Gasteiger partial charge is 0.233 e. The number of hydrogen-bond donors (Lipinski definition) is 3. The number of aryl methyl sites for hydroxylation is 1. The van der Waals surface area contributed by atoms with Crippen LogP contribution in [0.2, 0.25) is 0 Å². The van der Waals surface area contributed by atoms with Gasteiger partial charge in [0.15, 0.2) is 5.96 Å². The molecule has 1 aliphatic heterocycles. The number of likely N-dealkylation sites (N-methyl/N-ethyl adjacent to an activating group) is 1. The van der Waals surface area contributed by atoms with E-state index in [1.54, 1.807) is 14.1 Å². The average molecular weight is 424 g/mol. The molecule has 31 heavy (non-hydrogen) atoms. The molecule has 0 radical (unpaired) electrons. The number of benzene rings is 2. The topological polar surface area (TPSA) is 78.0 Å². The molecule has 1 saturated heterocycles. The molecule has 1 fully saturated rings. The molecule has 0 unspecified atom stereocenters. The van der Waals surface area contributed by atoms with Gasteiger partial charge in [-0.2, -0.15) is 0 Å². The second-order valence-electron chi connectivity index (χ2n) is 7.82. The van der Waals surface area contributed by atoms with Crippen LogP contribution < -0.4 is 20.7 Å². The number of aliphatic imine (C=N–C) groups is 1. The van der Waals surface area contributed by atoms with Crippen molar-refractivity contribution in [2.45, 2.75) is 32.4 Å². The van der Waals surface area contributed by atoms with Crippen LogP contribution in [0.1, 0.15) is 24.0 Å². The number of rotatable bonds is 7. The Morgan fingerprint density at radius 2 is 1.84 bits per heavy atom. The van der Waals surface area contributed by atoms with Gasteiger partial charge >= 0.3 is 0 Å². The Balaban J connectivity index is 1.51. The van der Waals surface area contributed by atoms with Gasteiger partial charge in [0.25, 0.3) is 0 Å². The van der Waals surface area contributed by atoms with Crippen molar-refractivity contribution < 1.29 is 9.53 Å². The number of carbonyl (C=O) groups excluding carboxylic acids is 1. The second kappa shape index (κ2) is 11.4. The number of likely N-dealkylation sites (tertiary alicyclic amines) is 1. The molecule has 166 valence electrons. The summed E-state index contributed by atoms with van der Waals surface area (Å²) in [6, 6.07) is 16.4. The van der Waals surface area contributed by atoms with Crippen molar-refractivity contribution >= 4 is 11.9 Å². The number of guanidine groups is 1. The Hall–Kier alpha value is -3.06. The lowest BCUT2D eigenvalue weighted by Crippen LogP contribution is -2.49. The van der Waals surface area contributed by atoms with E-state index in [-0.39, 0.29) is 5.91 Å². The van der Waals surface area contributed by atoms with Crippen molar-refractivity contribution in [3.8, 4) is 11.5 Å². The minimum Gasteiger partial charge on any atom is -0.457 e. The first-order valence-electron chi connectivity index (χ1n) is 10.8. The normalized spacial score (nSPS) is 15.4. The Labute approximate surface area is 184 Å². The SMILES string of the molecule is CN=C(NCc1ccccc1Oc1ccc(C)cc1)NC1CCN(CC(=O)NC)CC1. The predicted molar refractivity (Wildman–Crippen MR) is 125 cm³/mol. The van der Waals surface area contributed by atoms with Gasteiger partial charge in [0, 0.05) is 45.3 Å². The molecule has 0 saturated carbocycles. The van der Waals surface area contributed by atoms with Crippen LogP contribution in [0.25, 0.3) is 0 Å². The van der Waals surface area contributed by atoms with Gasteiger partial charge in [-0.3, -0.25) is 14.7 Å². The van der Waals surface area contributed by atoms with Crippen LogP contribution in [0.4, 0.5) is 0 Å². The number of para-hydroxylation sites is 1. The summed E-state index contributed by atoms with van der Waals surface area (Å²) in [5.41, 5.74) is 2.27. The van der Waals surface area contributed by atoms with Crippen molar-refractivity contribution in [3.05, 3.63) is 59.7 Å². The van der Waals surface area contributed by atoms with E-state index in [1.807, 2.05) is 42.5 Å². The molecular weight excluding hydrogens is 390 g/mol. The molecule has 0 aliphatic carbocycles. The van der Waals surface area contributed by atoms with Gasteiger partial charge in [0.1, 0.15) is 11.5 Å². The van der Waals surface area contributed by atoms with Gasteiger partial charge in [-0.05, 0) is 38.0 Å². The van der Waals surface area contributed by atoms with Gasteiger partial charge in [-0.25, -0.2) is 0 Å². The number of piperidine rings is 1. The van der Waals surface area contributed by atoms with Crippen LogP contribution in [0.15, 0.2) is 53.5 Å². The Kier molecular flexibility index (Phi) is 8.29. The highest BCUT2D eigenvalue weighted by atomic mass is 16.5. The van der Waals surface area contributed by atoms with Crippen LogP contribution in [-0.2, 0) is 11.3 Å². The van der Waals surface area contributed by atoms with E-state index >= 15 is 0 Å². The van der Waals surface area contributed by atoms with Crippen molar-refractivity contribution in [3.63, 3.8) is 0 Å². The van der Waals surface area contributed by atoms with Gasteiger partial charge < -0.3 is 20.7 Å². The maximum atomic E-state index is 11.6. The van der Waals surface area contributed by atoms with Crippen LogP contribution in [0.5, 0.6) is 11.5 Å². The molecule has 7 heteroatoms. The predicted octanol–water partition coefficient (Wildman–Crippen LogP) is 2.66. The fourth-order valence-electron chi connectivity index (χ4n) is 3.57. The van der Waals surface area contributed by atoms with E-state index in [2.05, 4.69) is 38.8 Å². The van der Waals surface area contributed by atoms with Gasteiger partial charge in [0.05, 0.1) is 6.54 Å². The van der Waals surface area contributed by atoms with E-state index in [9.17, 15) is 4.79 Å². The number of hydrogen-bond acceptors (Lipinski definition) is 4. The van der Waals surface area contributed by atoms with E-state index in [4.69, 9.17) is 4.74 Å². The number of nitrogens with zero attached hydrogens (tertiary/aromatic N) is 2. The van der Waals surface area contributed by atoms with E-state index in [0.717, 1.165) is 49.0 Å². The van der Waals surface area contributed by atoms with E-state index in [1.165, 1.54) is 5.56 Å². The standard InChI is InChI=1S/C24H33N5O2/c1-18-8-10-21(11-9-18)31-22-7-5-4-6-19(22)16-27-24(26-3)28-20-12-14-29(15-13-20)17-23(30)25-2/h4-11,20H,12-17H2,1-3H3,(H,25,30)(H2,26,27,28). The summed E-state index contributed by atoms with van der Waals surface area (Å²) >= 11 is 0. The maximum Gasteiger partial charge on any atom is 0.233 e. The summed E-state index contributed by atoms with van der Waals surface area (Å²) in [6.07, 6.45) is 1.95. The van der Waals surface area contributed by atoms with Gasteiger partial charge in [-0.15, -0.1) is 0 Å². The highest BCUT2D eigenvalue weighted by molar-refractivity contribution is 5.80. The lowest BCUT2D eigenvalue weighted by molar-refractivity contribution is -0.122. The lowest BCUT2D eigenvalue weighted by Gasteiger charge is -2.32. The maximum absolute atomic E-state index is 11.6. The van der Waals surface area contributed by atoms with Crippen LogP contribution >= 0.6 is 0 Å². The summed E-state index contributed by atoms with van der Waals surface area (Å²) in [5.74, 6) is 2.49. The molecule has 2 aromatic carbocycles. The van der Waals surface area contributed by atoms with E-state index in [0.29, 0.717) is 19.1 Å². The fourth-order valence-corrected chi connectivity index (χ4v) is 3.57. The van der Waals surface area contributed by atoms with Crippen molar-refractivity contribution in [2.75, 3.05) is 33.7 Å². The molecule has 0 bridgehead atoms. The Bertz CT molecular complexity index is 874. The third kappa shape index (κ3) is 7.00. The quantitative estimate of drug-likeness (QED) is 0.471. The van der Waals surface area contributed by atoms with E-state index < -0.39 is 0 Å². The number of amides is 1. The average Bonchev–Trinajstić information content (AvgIpc) is 2.80. The molecule has 3 rings (SSSR count). The zero-order valence-electron chi connectivity index (χ0n) is 18.6. The Morgan fingerprint density at radius 3 is 2.52 bits per heavy atom. The first-order valence-corrected chi connectivity index (χ1v) is 10.8. The van der Waals surface area contributed by atoms with Crippen LogP contribution in [0.3, 0.4) is 0 Å². The first-order chi connectivity index (χ1) is 15.1. The third-order valence-corrected chi connectivity index (χ3v) is 5.47. The zero-order chi connectivity index (χ0) is 22.1. The molecule has 1 amide bonds.